The smallest absolute Gasteiger partial charge is 0.301 e. The lowest BCUT2D eigenvalue weighted by atomic mass is 10.0. The van der Waals surface area contributed by atoms with E-state index in [0.717, 1.165) is 16.4 Å². The molecule has 7 heteroatoms. The number of hydrogen-bond donors (Lipinski definition) is 2. The van der Waals surface area contributed by atoms with Crippen molar-refractivity contribution < 1.29 is 13.5 Å². The van der Waals surface area contributed by atoms with Crippen LogP contribution in [0.4, 0.5) is 5.69 Å². The number of hydrogen-bond acceptors (Lipinski definition) is 3. The lowest BCUT2D eigenvalue weighted by Gasteiger charge is -2.31. The van der Waals surface area contributed by atoms with Crippen LogP contribution in [-0.4, -0.2) is 37.5 Å². The monoisotopic (exact) mass is 396 g/mol. The lowest BCUT2D eigenvalue weighted by molar-refractivity contribution is 0.166. The number of piperidine rings is 1. The van der Waals surface area contributed by atoms with E-state index in [-0.39, 0.29) is 12.5 Å². The summed E-state index contributed by atoms with van der Waals surface area (Å²) in [5.41, 5.74) is 0.562. The second-order valence-electron chi connectivity index (χ2n) is 4.66. The molecule has 1 aromatic carbocycles. The van der Waals surface area contributed by atoms with Crippen LogP contribution in [0.1, 0.15) is 12.8 Å². The molecule has 1 atom stereocenters. The zero-order valence-electron chi connectivity index (χ0n) is 10.4. The molecule has 0 aromatic heterocycles. The van der Waals surface area contributed by atoms with E-state index in [4.69, 9.17) is 5.11 Å². The van der Waals surface area contributed by atoms with Gasteiger partial charge in [0.25, 0.3) is 0 Å². The molecule has 0 bridgehead atoms. The third-order valence-electron chi connectivity index (χ3n) is 3.17. The molecule has 19 heavy (non-hydrogen) atoms. The summed E-state index contributed by atoms with van der Waals surface area (Å²) in [6.45, 7) is 0.932. The Balaban J connectivity index is 2.07. The van der Waals surface area contributed by atoms with E-state index in [1.54, 1.807) is 12.1 Å². The van der Waals surface area contributed by atoms with Gasteiger partial charge < -0.3 is 5.11 Å². The van der Waals surface area contributed by atoms with Gasteiger partial charge in [0.05, 0.1) is 0 Å². The van der Waals surface area contributed by atoms with Gasteiger partial charge in [-0.25, -0.2) is 0 Å². The Morgan fingerprint density at radius 1 is 1.37 bits per heavy atom. The summed E-state index contributed by atoms with van der Waals surface area (Å²) in [7, 11) is -3.52. The third kappa shape index (κ3) is 4.04. The Morgan fingerprint density at radius 3 is 2.68 bits per heavy atom. The minimum Gasteiger partial charge on any atom is -0.396 e. The van der Waals surface area contributed by atoms with Gasteiger partial charge in [-0.3, -0.25) is 4.72 Å². The number of benzene rings is 1. The van der Waals surface area contributed by atoms with Crippen molar-refractivity contribution in [3.63, 3.8) is 0 Å². The van der Waals surface area contributed by atoms with Crippen LogP contribution in [-0.2, 0) is 10.2 Å². The average molecular weight is 396 g/mol. The fraction of sp³-hybridized carbons (Fsp3) is 0.500. The first-order valence-corrected chi connectivity index (χ1v) is 8.67. The predicted octanol–water partition coefficient (Wildman–Crippen LogP) is 1.65. The predicted molar refractivity (Wildman–Crippen MR) is 83.1 cm³/mol. The van der Waals surface area contributed by atoms with Crippen LogP contribution in [0.3, 0.4) is 0 Å². The number of halogens is 1. The van der Waals surface area contributed by atoms with Gasteiger partial charge in [-0.15, -0.1) is 0 Å². The fourth-order valence-corrected chi connectivity index (χ4v) is 3.82. The maximum atomic E-state index is 12.2. The first-order valence-electron chi connectivity index (χ1n) is 6.15. The van der Waals surface area contributed by atoms with Crippen molar-refractivity contribution in [3.05, 3.63) is 27.8 Å². The van der Waals surface area contributed by atoms with Crippen LogP contribution in [0.2, 0.25) is 0 Å². The largest absolute Gasteiger partial charge is 0.396 e. The van der Waals surface area contributed by atoms with Gasteiger partial charge in [-0.1, -0.05) is 0 Å². The number of aliphatic hydroxyl groups is 1. The highest BCUT2D eigenvalue weighted by Crippen LogP contribution is 2.20. The quantitative estimate of drug-likeness (QED) is 0.761. The maximum absolute atomic E-state index is 12.2. The molecule has 5 nitrogen and oxygen atoms in total. The highest BCUT2D eigenvalue weighted by atomic mass is 127. The minimum absolute atomic E-state index is 0.0373. The molecular formula is C12H17IN2O3S. The van der Waals surface area contributed by atoms with Gasteiger partial charge in [0.2, 0.25) is 0 Å². The van der Waals surface area contributed by atoms with Gasteiger partial charge in [0, 0.05) is 29.0 Å². The van der Waals surface area contributed by atoms with Crippen molar-refractivity contribution in [2.45, 2.75) is 12.8 Å². The first kappa shape index (κ1) is 15.0. The maximum Gasteiger partial charge on any atom is 0.301 e. The van der Waals surface area contributed by atoms with E-state index in [1.807, 2.05) is 12.1 Å². The molecule has 2 rings (SSSR count). The molecule has 0 spiro atoms. The van der Waals surface area contributed by atoms with Crippen molar-refractivity contribution in [2.75, 3.05) is 24.4 Å². The summed E-state index contributed by atoms with van der Waals surface area (Å²) in [6.07, 6.45) is 1.67. The lowest BCUT2D eigenvalue weighted by Crippen LogP contribution is -2.43. The van der Waals surface area contributed by atoms with E-state index >= 15 is 0 Å². The molecule has 1 saturated heterocycles. The minimum atomic E-state index is -3.52. The van der Waals surface area contributed by atoms with Crippen LogP contribution >= 0.6 is 22.6 Å². The van der Waals surface area contributed by atoms with Crippen molar-refractivity contribution >= 4 is 38.5 Å². The molecule has 0 amide bonds. The second-order valence-corrected chi connectivity index (χ2v) is 7.58. The Hall–Kier alpha value is -0.380. The summed E-state index contributed by atoms with van der Waals surface area (Å²) in [5, 5.41) is 9.15. The molecule has 0 aliphatic carbocycles. The third-order valence-corrected chi connectivity index (χ3v) is 5.40. The van der Waals surface area contributed by atoms with Gasteiger partial charge in [-0.05, 0) is 65.6 Å². The molecule has 106 valence electrons. The number of aliphatic hydroxyl groups excluding tert-OH is 1. The Morgan fingerprint density at radius 2 is 2.05 bits per heavy atom. The molecule has 1 unspecified atom stereocenters. The molecule has 1 aromatic rings. The number of nitrogens with one attached hydrogen (secondary N) is 1. The van der Waals surface area contributed by atoms with Crippen molar-refractivity contribution in [3.8, 4) is 0 Å². The van der Waals surface area contributed by atoms with Crippen molar-refractivity contribution in [1.82, 2.24) is 4.31 Å². The van der Waals surface area contributed by atoms with Crippen molar-refractivity contribution in [2.24, 2.45) is 5.92 Å². The summed E-state index contributed by atoms with van der Waals surface area (Å²) in [6, 6.07) is 7.19. The van der Waals surface area contributed by atoms with Gasteiger partial charge in [0.15, 0.2) is 0 Å². The highest BCUT2D eigenvalue weighted by molar-refractivity contribution is 14.1. The SMILES string of the molecule is O=S(=O)(Nc1ccc(I)cc1)N1CCCC(CO)C1. The fourth-order valence-electron chi connectivity index (χ4n) is 2.13. The average Bonchev–Trinajstić information content (AvgIpc) is 2.41. The Kier molecular flexibility index (Phi) is 5.04. The standard InChI is InChI=1S/C12H17IN2O3S/c13-11-3-5-12(6-4-11)14-19(17,18)15-7-1-2-10(8-15)9-16/h3-6,10,14,16H,1-2,7-9H2. The topological polar surface area (TPSA) is 69.6 Å². The van der Waals surface area contributed by atoms with Crippen LogP contribution in [0, 0.1) is 9.49 Å². The molecule has 1 aliphatic heterocycles. The number of rotatable bonds is 4. The van der Waals surface area contributed by atoms with Gasteiger partial charge >= 0.3 is 10.2 Å². The van der Waals surface area contributed by atoms with Crippen LogP contribution in [0.15, 0.2) is 24.3 Å². The van der Waals surface area contributed by atoms with E-state index in [0.29, 0.717) is 18.8 Å². The van der Waals surface area contributed by atoms with Gasteiger partial charge in [-0.2, -0.15) is 12.7 Å². The molecule has 0 saturated carbocycles. The highest BCUT2D eigenvalue weighted by Gasteiger charge is 2.28. The zero-order valence-corrected chi connectivity index (χ0v) is 13.4. The second kappa shape index (κ2) is 6.38. The van der Waals surface area contributed by atoms with Gasteiger partial charge in [0.1, 0.15) is 0 Å². The summed E-state index contributed by atoms with van der Waals surface area (Å²) in [5.74, 6) is 0.0436. The van der Waals surface area contributed by atoms with E-state index in [9.17, 15) is 8.42 Å². The summed E-state index contributed by atoms with van der Waals surface area (Å²) in [4.78, 5) is 0. The number of anilines is 1. The van der Waals surface area contributed by atoms with Crippen LogP contribution < -0.4 is 4.72 Å². The molecule has 2 N–H and O–H groups in total. The molecule has 1 fully saturated rings. The summed E-state index contributed by atoms with van der Waals surface area (Å²) < 4.78 is 29.5. The van der Waals surface area contributed by atoms with Crippen LogP contribution in [0.25, 0.3) is 0 Å². The normalized spacial score (nSPS) is 21.3. The first-order chi connectivity index (χ1) is 9.01. The Bertz CT molecular complexity index is 518. The number of nitrogens with zero attached hydrogens (tertiary/aromatic N) is 1. The molecule has 0 radical (unpaired) electrons. The Labute approximate surface area is 127 Å². The zero-order chi connectivity index (χ0) is 13.9. The molecule has 1 heterocycles. The van der Waals surface area contributed by atoms with Crippen LogP contribution in [0.5, 0.6) is 0 Å². The van der Waals surface area contributed by atoms with E-state index < -0.39 is 10.2 Å². The molecular weight excluding hydrogens is 379 g/mol. The summed E-state index contributed by atoms with van der Waals surface area (Å²) >= 11 is 2.17. The van der Waals surface area contributed by atoms with Crippen molar-refractivity contribution in [1.29, 1.82) is 0 Å². The van der Waals surface area contributed by atoms with E-state index in [1.165, 1.54) is 4.31 Å². The molecule has 1 aliphatic rings. The van der Waals surface area contributed by atoms with E-state index in [2.05, 4.69) is 27.3 Å².